The second-order valence-electron chi connectivity index (χ2n) is 15.6. The number of hydrogen-bond acceptors (Lipinski definition) is 8. The van der Waals surface area contributed by atoms with Crippen molar-refractivity contribution in [1.29, 1.82) is 0 Å². The molecule has 57 heavy (non-hydrogen) atoms. The standard InChI is InChI=1S/C22H25N3O3S.C22H23N3O2S/c1-16-7-10-19(11-8-16)29(27,28)25-14-13-20-22(25)23-15-18(24-20)9-12-21(26)17-5-3-2-4-6-17;1-16-7-10-19(11-8-16)28(26,27)24-14-13-21-22(24)23-15-18-9-12-20(25(18)21)17-5-3-2-4-6-17/h7-8,10-11,13-15,17H,2-6,9,12H2,1H3;7-15,17H,2-6H2,1H3. The van der Waals surface area contributed by atoms with Crippen LogP contribution in [-0.2, 0) is 31.3 Å². The zero-order valence-electron chi connectivity index (χ0n) is 32.4. The predicted octanol–water partition coefficient (Wildman–Crippen LogP) is 8.94. The molecule has 9 rings (SSSR count). The summed E-state index contributed by atoms with van der Waals surface area (Å²) in [6.45, 7) is 3.85. The van der Waals surface area contributed by atoms with Crippen LogP contribution in [0.3, 0.4) is 0 Å². The maximum absolute atomic E-state index is 13.2. The number of hydrogen-bond donors (Lipinski definition) is 0. The fourth-order valence-electron chi connectivity index (χ4n) is 8.35. The van der Waals surface area contributed by atoms with Crippen molar-refractivity contribution >= 4 is 53.7 Å². The second kappa shape index (κ2) is 16.0. The Morgan fingerprint density at radius 3 is 1.84 bits per heavy atom. The van der Waals surface area contributed by atoms with Crippen molar-refractivity contribution < 1.29 is 21.6 Å². The molecule has 5 heterocycles. The van der Waals surface area contributed by atoms with Gasteiger partial charge >= 0.3 is 0 Å². The van der Waals surface area contributed by atoms with Gasteiger partial charge in [0.2, 0.25) is 0 Å². The van der Waals surface area contributed by atoms with E-state index in [2.05, 4.69) is 31.5 Å². The molecule has 0 unspecified atom stereocenters. The lowest BCUT2D eigenvalue weighted by Gasteiger charge is -2.22. The average Bonchev–Trinajstić information content (AvgIpc) is 3.98. The van der Waals surface area contributed by atoms with Gasteiger partial charge in [-0.3, -0.25) is 4.79 Å². The van der Waals surface area contributed by atoms with E-state index in [0.29, 0.717) is 47.0 Å². The van der Waals surface area contributed by atoms with Crippen molar-refractivity contribution in [2.75, 3.05) is 0 Å². The molecule has 2 saturated carbocycles. The van der Waals surface area contributed by atoms with Gasteiger partial charge in [-0.2, -0.15) is 0 Å². The quantitative estimate of drug-likeness (QED) is 0.141. The number of nitrogens with zero attached hydrogens (tertiary/aromatic N) is 6. The van der Waals surface area contributed by atoms with Crippen LogP contribution >= 0.6 is 0 Å². The molecule has 0 atom stereocenters. The Hall–Kier alpha value is -5.14. The summed E-state index contributed by atoms with van der Waals surface area (Å²) in [4.78, 5) is 26.3. The summed E-state index contributed by atoms with van der Waals surface area (Å²) < 4.78 is 56.9. The minimum Gasteiger partial charge on any atom is -0.309 e. The van der Waals surface area contributed by atoms with Crippen molar-refractivity contribution in [3.63, 3.8) is 0 Å². The number of benzene rings is 2. The van der Waals surface area contributed by atoms with Gasteiger partial charge in [0.05, 0.1) is 38.9 Å². The number of carbonyl (C=O) groups is 1. The molecule has 2 aromatic carbocycles. The van der Waals surface area contributed by atoms with Crippen LogP contribution in [0.4, 0.5) is 0 Å². The van der Waals surface area contributed by atoms with Gasteiger partial charge in [0.25, 0.3) is 20.0 Å². The number of carbonyl (C=O) groups excluding carboxylic acids is 1. The van der Waals surface area contributed by atoms with Gasteiger partial charge in [0, 0.05) is 30.4 Å². The van der Waals surface area contributed by atoms with E-state index in [1.807, 2.05) is 32.0 Å². The maximum Gasteiger partial charge on any atom is 0.269 e. The predicted molar refractivity (Wildman–Crippen MR) is 221 cm³/mol. The molecule has 0 spiro atoms. The summed E-state index contributed by atoms with van der Waals surface area (Å²) in [5, 5.41) is 0. The molecule has 2 aliphatic rings. The summed E-state index contributed by atoms with van der Waals surface area (Å²) in [5.41, 5.74) is 7.16. The highest BCUT2D eigenvalue weighted by Gasteiger charge is 2.25. The van der Waals surface area contributed by atoms with E-state index in [0.717, 1.165) is 51.8 Å². The minimum atomic E-state index is -3.73. The molecule has 11 nitrogen and oxygen atoms in total. The third-order valence-corrected chi connectivity index (χ3v) is 14.9. The van der Waals surface area contributed by atoms with Crippen LogP contribution in [-0.4, -0.2) is 49.9 Å². The Labute approximate surface area is 333 Å². The molecule has 296 valence electrons. The molecule has 0 bridgehead atoms. The lowest BCUT2D eigenvalue weighted by Crippen LogP contribution is -2.18. The summed E-state index contributed by atoms with van der Waals surface area (Å²) in [7, 11) is -7.42. The molecule has 13 heteroatoms. The third kappa shape index (κ3) is 7.79. The Bertz CT molecular complexity index is 2770. The highest BCUT2D eigenvalue weighted by Crippen LogP contribution is 2.35. The molecule has 0 aliphatic heterocycles. The smallest absolute Gasteiger partial charge is 0.269 e. The molecule has 0 N–H and O–H groups in total. The van der Waals surface area contributed by atoms with Gasteiger partial charge in [0.15, 0.2) is 11.3 Å². The first-order chi connectivity index (χ1) is 27.5. The van der Waals surface area contributed by atoms with Crippen molar-refractivity contribution in [2.24, 2.45) is 5.92 Å². The van der Waals surface area contributed by atoms with Crippen LogP contribution in [0.15, 0.2) is 107 Å². The summed E-state index contributed by atoms with van der Waals surface area (Å²) in [6.07, 6.45) is 19.2. The van der Waals surface area contributed by atoms with Crippen LogP contribution in [0.2, 0.25) is 0 Å². The minimum absolute atomic E-state index is 0.196. The number of aryl methyl sites for hydroxylation is 3. The number of fused-ring (bicyclic) bond motifs is 4. The average molecular weight is 805 g/mol. The molecule has 2 fully saturated rings. The van der Waals surface area contributed by atoms with E-state index in [-0.39, 0.29) is 15.7 Å². The molecule has 7 aromatic rings. The highest BCUT2D eigenvalue weighted by atomic mass is 32.2. The highest BCUT2D eigenvalue weighted by molar-refractivity contribution is 7.90. The van der Waals surface area contributed by atoms with E-state index >= 15 is 0 Å². The Morgan fingerprint density at radius 2 is 1.21 bits per heavy atom. The van der Waals surface area contributed by atoms with Crippen LogP contribution < -0.4 is 0 Å². The normalized spacial score (nSPS) is 15.9. The van der Waals surface area contributed by atoms with Gasteiger partial charge < -0.3 is 4.40 Å². The fourth-order valence-corrected chi connectivity index (χ4v) is 10.9. The molecule has 0 saturated heterocycles. The monoisotopic (exact) mass is 804 g/mol. The Kier molecular flexibility index (Phi) is 10.9. The van der Waals surface area contributed by atoms with Crippen molar-refractivity contribution in [3.05, 3.63) is 120 Å². The largest absolute Gasteiger partial charge is 0.309 e. The number of aromatic nitrogens is 6. The van der Waals surface area contributed by atoms with E-state index in [1.165, 1.54) is 54.4 Å². The van der Waals surface area contributed by atoms with Crippen molar-refractivity contribution in [2.45, 2.75) is 107 Å². The van der Waals surface area contributed by atoms with Crippen molar-refractivity contribution in [3.8, 4) is 0 Å². The topological polar surface area (TPSA) is 138 Å². The van der Waals surface area contributed by atoms with Crippen LogP contribution in [0, 0.1) is 19.8 Å². The van der Waals surface area contributed by atoms with Crippen LogP contribution in [0.1, 0.15) is 99.1 Å². The molecule has 0 amide bonds. The zero-order valence-corrected chi connectivity index (χ0v) is 34.1. The first-order valence-electron chi connectivity index (χ1n) is 20.0. The van der Waals surface area contributed by atoms with Gasteiger partial charge in [0.1, 0.15) is 11.3 Å². The van der Waals surface area contributed by atoms with Gasteiger partial charge in [-0.25, -0.2) is 39.7 Å². The van der Waals surface area contributed by atoms with Crippen molar-refractivity contribution in [1.82, 2.24) is 27.3 Å². The van der Waals surface area contributed by atoms with Crippen LogP contribution in [0.5, 0.6) is 0 Å². The second-order valence-corrected chi connectivity index (χ2v) is 19.2. The fraction of sp³-hybridized carbons (Fsp3) is 0.364. The van der Waals surface area contributed by atoms with E-state index in [9.17, 15) is 21.6 Å². The lowest BCUT2D eigenvalue weighted by atomic mass is 9.85. The summed E-state index contributed by atoms with van der Waals surface area (Å²) >= 11 is 0. The Morgan fingerprint density at radius 1 is 0.649 bits per heavy atom. The summed E-state index contributed by atoms with van der Waals surface area (Å²) in [5.74, 6) is 1.03. The lowest BCUT2D eigenvalue weighted by molar-refractivity contribution is -0.123. The van der Waals surface area contributed by atoms with Gasteiger partial charge in [-0.1, -0.05) is 73.9 Å². The molecule has 2 aliphatic carbocycles. The van der Waals surface area contributed by atoms with E-state index in [4.69, 9.17) is 0 Å². The summed E-state index contributed by atoms with van der Waals surface area (Å²) in [6, 6.07) is 21.4. The zero-order chi connectivity index (χ0) is 39.7. The molecular weight excluding hydrogens is 757 g/mol. The number of Topliss-reactive ketones (excluding diaryl/α,β-unsaturated/α-hetero) is 1. The third-order valence-electron chi connectivity index (χ3n) is 11.6. The molecular formula is C44H48N6O5S2. The van der Waals surface area contributed by atoms with E-state index in [1.54, 1.807) is 61.1 Å². The van der Waals surface area contributed by atoms with E-state index < -0.39 is 20.0 Å². The number of ketones is 1. The first-order valence-corrected chi connectivity index (χ1v) is 22.9. The van der Waals surface area contributed by atoms with Gasteiger partial charge in [-0.15, -0.1) is 0 Å². The maximum atomic E-state index is 13.2. The van der Waals surface area contributed by atoms with Gasteiger partial charge in [-0.05, 0) is 100 Å². The molecule has 0 radical (unpaired) electrons. The Balaban J connectivity index is 0.000000160. The molecule has 5 aromatic heterocycles. The first kappa shape index (κ1) is 38.7. The number of rotatable bonds is 9. The van der Waals surface area contributed by atoms with Crippen LogP contribution in [0.25, 0.3) is 27.8 Å². The SMILES string of the molecule is Cc1ccc(S(=O)(=O)n2ccc3c2ncc2ccc(C4CCCCC4)n23)cc1.Cc1ccc(S(=O)(=O)n2ccc3nc(CCC(=O)C4CCCCC4)cnc32)cc1.